The minimum absolute atomic E-state index is 0.00929. The fourth-order valence-corrected chi connectivity index (χ4v) is 4.13. The van der Waals surface area contributed by atoms with Gasteiger partial charge < -0.3 is 10.2 Å². The largest absolute Gasteiger partial charge is 0.349 e. The Balaban J connectivity index is 1.19. The molecule has 30 heavy (non-hydrogen) atoms. The summed E-state index contributed by atoms with van der Waals surface area (Å²) in [5, 5.41) is 5.42. The molecule has 4 nitrogen and oxygen atoms in total. The van der Waals surface area contributed by atoms with E-state index in [1.165, 1.54) is 0 Å². The van der Waals surface area contributed by atoms with E-state index in [1.54, 1.807) is 0 Å². The predicted octanol–water partition coefficient (Wildman–Crippen LogP) is 4.70. The molecule has 0 spiro atoms. The molecule has 4 rings (SSSR count). The molecule has 0 saturated carbocycles. The first-order valence-electron chi connectivity index (χ1n) is 10.8. The van der Waals surface area contributed by atoms with E-state index in [4.69, 9.17) is 0 Å². The third-order valence-electron chi connectivity index (χ3n) is 5.91. The van der Waals surface area contributed by atoms with Gasteiger partial charge in [-0.1, -0.05) is 54.6 Å². The first-order valence-corrected chi connectivity index (χ1v) is 10.8. The van der Waals surface area contributed by atoms with Gasteiger partial charge in [0.2, 0.25) is 0 Å². The number of amides is 1. The Morgan fingerprint density at radius 1 is 0.833 bits per heavy atom. The Labute approximate surface area is 177 Å². The van der Waals surface area contributed by atoms with E-state index in [9.17, 15) is 9.59 Å². The topological polar surface area (TPSA) is 49.4 Å². The molecule has 0 aromatic heterocycles. The summed E-state index contributed by atoms with van der Waals surface area (Å²) in [5.41, 5.74) is 1.52. The number of carbonyl (C=O) groups is 2. The van der Waals surface area contributed by atoms with E-state index in [0.29, 0.717) is 12.0 Å². The lowest BCUT2D eigenvalue weighted by Crippen LogP contribution is -2.44. The summed E-state index contributed by atoms with van der Waals surface area (Å²) in [6.45, 7) is 2.85. The Hall–Kier alpha value is -2.98. The van der Waals surface area contributed by atoms with Crippen LogP contribution in [-0.4, -0.2) is 42.3 Å². The molecule has 1 aliphatic heterocycles. The smallest absolute Gasteiger partial charge is 0.251 e. The van der Waals surface area contributed by atoms with Gasteiger partial charge in [0, 0.05) is 36.7 Å². The van der Waals surface area contributed by atoms with Gasteiger partial charge in [-0.25, -0.2) is 0 Å². The summed E-state index contributed by atoms with van der Waals surface area (Å²) in [5.74, 6) is 0.223. The number of hydrogen-bond donors (Lipinski definition) is 1. The Morgan fingerprint density at radius 2 is 1.53 bits per heavy atom. The molecule has 1 saturated heterocycles. The van der Waals surface area contributed by atoms with E-state index in [-0.39, 0.29) is 17.7 Å². The van der Waals surface area contributed by atoms with E-state index in [0.717, 1.165) is 55.2 Å². The van der Waals surface area contributed by atoms with Gasteiger partial charge in [0.05, 0.1) is 0 Å². The molecule has 0 atom stereocenters. The standard InChI is InChI=1S/C26H28N2O2/c29-25(23-13-12-20-7-4-5-10-22(20)19-23)11-6-16-28-17-14-24(15-18-28)27-26(30)21-8-2-1-3-9-21/h1-5,7-10,12-13,19,24H,6,11,14-18H2,(H,27,30). The highest BCUT2D eigenvalue weighted by atomic mass is 16.1. The average Bonchev–Trinajstić information content (AvgIpc) is 2.80. The van der Waals surface area contributed by atoms with E-state index < -0.39 is 0 Å². The lowest BCUT2D eigenvalue weighted by atomic mass is 10.0. The highest BCUT2D eigenvalue weighted by Gasteiger charge is 2.21. The Morgan fingerprint density at radius 3 is 2.30 bits per heavy atom. The van der Waals surface area contributed by atoms with Crippen LogP contribution >= 0.6 is 0 Å². The highest BCUT2D eigenvalue weighted by Crippen LogP contribution is 2.18. The van der Waals surface area contributed by atoms with E-state index in [2.05, 4.69) is 16.3 Å². The summed E-state index contributed by atoms with van der Waals surface area (Å²) in [7, 11) is 0. The minimum atomic E-state index is 0.00929. The van der Waals surface area contributed by atoms with Crippen molar-refractivity contribution in [2.45, 2.75) is 31.7 Å². The molecule has 3 aromatic carbocycles. The summed E-state index contributed by atoms with van der Waals surface area (Å²) in [4.78, 5) is 27.3. The van der Waals surface area contributed by atoms with Crippen LogP contribution in [0.2, 0.25) is 0 Å². The zero-order valence-corrected chi connectivity index (χ0v) is 17.2. The van der Waals surface area contributed by atoms with Crippen LogP contribution in [0.4, 0.5) is 0 Å². The quantitative estimate of drug-likeness (QED) is 0.585. The van der Waals surface area contributed by atoms with Gasteiger partial charge in [0.1, 0.15) is 0 Å². The fourth-order valence-electron chi connectivity index (χ4n) is 4.13. The molecule has 1 heterocycles. The summed E-state index contributed by atoms with van der Waals surface area (Å²) >= 11 is 0. The zero-order valence-electron chi connectivity index (χ0n) is 17.2. The molecular formula is C26H28N2O2. The summed E-state index contributed by atoms with van der Waals surface area (Å²) < 4.78 is 0. The van der Waals surface area contributed by atoms with Crippen LogP contribution in [-0.2, 0) is 0 Å². The molecule has 1 amide bonds. The molecule has 0 unspecified atom stereocenters. The summed E-state index contributed by atoms with van der Waals surface area (Å²) in [6.07, 6.45) is 3.35. The number of carbonyl (C=O) groups excluding carboxylic acids is 2. The lowest BCUT2D eigenvalue weighted by Gasteiger charge is -2.32. The van der Waals surface area contributed by atoms with Crippen LogP contribution in [0.3, 0.4) is 0 Å². The van der Waals surface area contributed by atoms with Gasteiger partial charge in [0.25, 0.3) is 5.91 Å². The van der Waals surface area contributed by atoms with Crippen molar-refractivity contribution in [2.24, 2.45) is 0 Å². The molecule has 1 aliphatic rings. The van der Waals surface area contributed by atoms with Gasteiger partial charge in [-0.3, -0.25) is 9.59 Å². The number of nitrogens with zero attached hydrogens (tertiary/aromatic N) is 1. The van der Waals surface area contributed by atoms with E-state index in [1.807, 2.05) is 66.7 Å². The van der Waals surface area contributed by atoms with Crippen LogP contribution in [0.25, 0.3) is 10.8 Å². The fraction of sp³-hybridized carbons (Fsp3) is 0.308. The average molecular weight is 401 g/mol. The first kappa shape index (κ1) is 20.3. The molecule has 0 radical (unpaired) electrons. The number of Topliss-reactive ketones (excluding diaryl/α,β-unsaturated/α-hetero) is 1. The van der Waals surface area contributed by atoms with Crippen molar-refractivity contribution in [1.82, 2.24) is 10.2 Å². The van der Waals surface area contributed by atoms with Crippen LogP contribution in [0, 0.1) is 0 Å². The maximum absolute atomic E-state index is 12.6. The number of rotatable bonds is 7. The number of likely N-dealkylation sites (tertiary alicyclic amines) is 1. The van der Waals surface area contributed by atoms with Crippen LogP contribution < -0.4 is 5.32 Å². The summed E-state index contributed by atoms with van der Waals surface area (Å²) in [6, 6.07) is 23.7. The van der Waals surface area contributed by atoms with Crippen LogP contribution in [0.15, 0.2) is 72.8 Å². The number of benzene rings is 3. The second-order valence-corrected chi connectivity index (χ2v) is 8.04. The van der Waals surface area contributed by atoms with Crippen molar-refractivity contribution >= 4 is 22.5 Å². The number of nitrogens with one attached hydrogen (secondary N) is 1. The van der Waals surface area contributed by atoms with Gasteiger partial charge in [-0.15, -0.1) is 0 Å². The van der Waals surface area contributed by atoms with Crippen molar-refractivity contribution in [2.75, 3.05) is 19.6 Å². The normalized spacial score (nSPS) is 15.2. The number of hydrogen-bond acceptors (Lipinski definition) is 3. The van der Waals surface area contributed by atoms with Gasteiger partial charge in [-0.2, -0.15) is 0 Å². The molecule has 1 N–H and O–H groups in total. The van der Waals surface area contributed by atoms with Crippen molar-refractivity contribution in [3.05, 3.63) is 83.9 Å². The molecule has 4 heteroatoms. The van der Waals surface area contributed by atoms with Crippen LogP contribution in [0.1, 0.15) is 46.4 Å². The molecule has 3 aromatic rings. The lowest BCUT2D eigenvalue weighted by molar-refractivity contribution is 0.0903. The van der Waals surface area contributed by atoms with Gasteiger partial charge in [0.15, 0.2) is 5.78 Å². The Kier molecular flexibility index (Phi) is 6.55. The first-order chi connectivity index (χ1) is 14.7. The third kappa shape index (κ3) is 5.14. The third-order valence-corrected chi connectivity index (χ3v) is 5.91. The van der Waals surface area contributed by atoms with Crippen molar-refractivity contribution in [3.8, 4) is 0 Å². The maximum Gasteiger partial charge on any atom is 0.251 e. The van der Waals surface area contributed by atoms with Crippen LogP contribution in [0.5, 0.6) is 0 Å². The molecule has 0 aliphatic carbocycles. The molecule has 0 bridgehead atoms. The highest BCUT2D eigenvalue weighted by molar-refractivity contribution is 5.99. The van der Waals surface area contributed by atoms with Gasteiger partial charge in [-0.05, 0) is 54.8 Å². The molecule has 154 valence electrons. The van der Waals surface area contributed by atoms with Crippen molar-refractivity contribution < 1.29 is 9.59 Å². The second kappa shape index (κ2) is 9.68. The zero-order chi connectivity index (χ0) is 20.8. The molecule has 1 fully saturated rings. The van der Waals surface area contributed by atoms with Crippen molar-refractivity contribution in [1.29, 1.82) is 0 Å². The van der Waals surface area contributed by atoms with E-state index >= 15 is 0 Å². The Bertz CT molecular complexity index is 1010. The predicted molar refractivity (Wildman–Crippen MR) is 121 cm³/mol. The molecular weight excluding hydrogens is 372 g/mol. The van der Waals surface area contributed by atoms with Gasteiger partial charge >= 0.3 is 0 Å². The monoisotopic (exact) mass is 400 g/mol. The number of ketones is 1. The van der Waals surface area contributed by atoms with Crippen molar-refractivity contribution in [3.63, 3.8) is 0 Å². The maximum atomic E-state index is 12.6. The minimum Gasteiger partial charge on any atom is -0.349 e. The second-order valence-electron chi connectivity index (χ2n) is 8.04. The number of piperidine rings is 1. The number of fused-ring (bicyclic) bond motifs is 1. The SMILES string of the molecule is O=C(CCCN1CCC(NC(=O)c2ccccc2)CC1)c1ccc2ccccc2c1.